The quantitative estimate of drug-likeness (QED) is 0.674. The van der Waals surface area contributed by atoms with Gasteiger partial charge in [0, 0.05) is 24.6 Å². The molecular formula is C12H17N3O2. The van der Waals surface area contributed by atoms with E-state index in [0.29, 0.717) is 17.2 Å². The molecule has 0 aromatic heterocycles. The van der Waals surface area contributed by atoms with Gasteiger partial charge in [-0.2, -0.15) is 0 Å². The number of benzene rings is 1. The van der Waals surface area contributed by atoms with Crippen LogP contribution in [0.4, 0.5) is 11.4 Å². The third-order valence-corrected chi connectivity index (χ3v) is 2.94. The van der Waals surface area contributed by atoms with E-state index in [1.165, 1.54) is 0 Å². The van der Waals surface area contributed by atoms with E-state index < -0.39 is 5.91 Å². The molecule has 1 atom stereocenters. The second kappa shape index (κ2) is 5.05. The number of hydrogen-bond acceptors (Lipinski definition) is 4. The molecule has 1 heterocycles. The minimum absolute atomic E-state index is 0.428. The number of rotatable bonds is 4. The number of amides is 1. The van der Waals surface area contributed by atoms with Gasteiger partial charge in [0.15, 0.2) is 0 Å². The summed E-state index contributed by atoms with van der Waals surface area (Å²) in [5.41, 5.74) is 12.8. The Bertz CT molecular complexity index is 414. The van der Waals surface area contributed by atoms with Gasteiger partial charge in [0.1, 0.15) is 0 Å². The average Bonchev–Trinajstić information content (AvgIpc) is 2.80. The van der Waals surface area contributed by atoms with Crippen molar-refractivity contribution in [3.05, 3.63) is 23.8 Å². The molecule has 1 aliphatic rings. The highest BCUT2D eigenvalue weighted by Gasteiger charge is 2.15. The van der Waals surface area contributed by atoms with Gasteiger partial charge in [-0.25, -0.2) is 0 Å². The summed E-state index contributed by atoms with van der Waals surface area (Å²) in [4.78, 5) is 11.0. The second-order valence-electron chi connectivity index (χ2n) is 4.28. The first kappa shape index (κ1) is 11.7. The molecule has 0 bridgehead atoms. The predicted octanol–water partition coefficient (Wildman–Crippen LogP) is 0.816. The number of carbonyl (C=O) groups excluding carboxylic acids is 1. The fraction of sp³-hybridized carbons (Fsp3) is 0.417. The molecule has 1 fully saturated rings. The normalized spacial score (nSPS) is 19.2. The average molecular weight is 235 g/mol. The smallest absolute Gasteiger partial charge is 0.248 e. The van der Waals surface area contributed by atoms with Gasteiger partial charge in [-0.05, 0) is 24.6 Å². The second-order valence-corrected chi connectivity index (χ2v) is 4.28. The van der Waals surface area contributed by atoms with Gasteiger partial charge in [-0.1, -0.05) is 0 Å². The zero-order valence-electron chi connectivity index (χ0n) is 9.61. The van der Waals surface area contributed by atoms with E-state index in [1.807, 2.05) is 0 Å². The summed E-state index contributed by atoms with van der Waals surface area (Å²) in [6, 6.07) is 5.05. The zero-order chi connectivity index (χ0) is 12.3. The number of anilines is 2. The van der Waals surface area contributed by atoms with Crippen molar-refractivity contribution >= 4 is 17.3 Å². The van der Waals surface area contributed by atoms with Gasteiger partial charge in [-0.3, -0.25) is 4.79 Å². The molecule has 1 saturated heterocycles. The molecule has 1 amide bonds. The van der Waals surface area contributed by atoms with Crippen molar-refractivity contribution in [2.45, 2.75) is 6.42 Å². The van der Waals surface area contributed by atoms with Crippen LogP contribution in [0.5, 0.6) is 0 Å². The summed E-state index contributed by atoms with van der Waals surface area (Å²) in [5, 5.41) is 3.26. The van der Waals surface area contributed by atoms with Crippen LogP contribution in [-0.2, 0) is 4.74 Å². The molecule has 17 heavy (non-hydrogen) atoms. The SMILES string of the molecule is NC(=O)c1ccc(NCC2CCOC2)c(N)c1. The van der Waals surface area contributed by atoms with Crippen LogP contribution >= 0.6 is 0 Å². The van der Waals surface area contributed by atoms with E-state index >= 15 is 0 Å². The van der Waals surface area contributed by atoms with Crippen LogP contribution in [-0.4, -0.2) is 25.7 Å². The molecule has 2 rings (SSSR count). The first-order valence-corrected chi connectivity index (χ1v) is 5.68. The molecule has 5 nitrogen and oxygen atoms in total. The van der Waals surface area contributed by atoms with Gasteiger partial charge in [0.05, 0.1) is 18.0 Å². The molecule has 0 saturated carbocycles. The summed E-state index contributed by atoms with van der Waals surface area (Å²) >= 11 is 0. The van der Waals surface area contributed by atoms with Crippen LogP contribution in [0.15, 0.2) is 18.2 Å². The molecule has 5 N–H and O–H groups in total. The van der Waals surface area contributed by atoms with Crippen molar-refractivity contribution in [3.63, 3.8) is 0 Å². The van der Waals surface area contributed by atoms with E-state index in [4.69, 9.17) is 16.2 Å². The van der Waals surface area contributed by atoms with Crippen molar-refractivity contribution in [2.75, 3.05) is 30.8 Å². The third kappa shape index (κ3) is 2.88. The summed E-state index contributed by atoms with van der Waals surface area (Å²) in [6.07, 6.45) is 1.08. The molecule has 0 spiro atoms. The van der Waals surface area contributed by atoms with Gasteiger partial charge in [0.2, 0.25) is 5.91 Å². The molecule has 0 aliphatic carbocycles. The van der Waals surface area contributed by atoms with E-state index in [9.17, 15) is 4.79 Å². The lowest BCUT2D eigenvalue weighted by molar-refractivity contribution is 0.100. The fourth-order valence-corrected chi connectivity index (χ4v) is 1.88. The minimum atomic E-state index is -0.465. The maximum absolute atomic E-state index is 11.0. The topological polar surface area (TPSA) is 90.4 Å². The van der Waals surface area contributed by atoms with Crippen molar-refractivity contribution in [2.24, 2.45) is 11.7 Å². The van der Waals surface area contributed by atoms with Crippen LogP contribution in [0.25, 0.3) is 0 Å². The van der Waals surface area contributed by atoms with E-state index in [0.717, 1.165) is 31.9 Å². The Kier molecular flexibility index (Phi) is 3.49. The number of ether oxygens (including phenoxy) is 1. The summed E-state index contributed by atoms with van der Waals surface area (Å²) in [5.74, 6) is 0.0673. The van der Waals surface area contributed by atoms with E-state index in [-0.39, 0.29) is 0 Å². The Balaban J connectivity index is 1.98. The Hall–Kier alpha value is -1.75. The lowest BCUT2D eigenvalue weighted by Gasteiger charge is -2.13. The minimum Gasteiger partial charge on any atom is -0.397 e. The van der Waals surface area contributed by atoms with Crippen LogP contribution in [0.1, 0.15) is 16.8 Å². The van der Waals surface area contributed by atoms with Crippen molar-refractivity contribution in [3.8, 4) is 0 Å². The molecule has 1 aromatic rings. The van der Waals surface area contributed by atoms with Crippen LogP contribution in [0.3, 0.4) is 0 Å². The molecule has 1 aliphatic heterocycles. The van der Waals surface area contributed by atoms with Gasteiger partial charge in [0.25, 0.3) is 0 Å². The maximum atomic E-state index is 11.0. The standard InChI is InChI=1S/C12H17N3O2/c13-10-5-9(12(14)16)1-2-11(10)15-6-8-3-4-17-7-8/h1-2,5,8,15H,3-4,6-7,13H2,(H2,14,16). The molecule has 1 unspecified atom stereocenters. The monoisotopic (exact) mass is 235 g/mol. The lowest BCUT2D eigenvalue weighted by atomic mass is 10.1. The van der Waals surface area contributed by atoms with Crippen molar-refractivity contribution in [1.82, 2.24) is 0 Å². The van der Waals surface area contributed by atoms with Gasteiger partial charge >= 0.3 is 0 Å². The number of nitrogen functional groups attached to an aromatic ring is 1. The first-order valence-electron chi connectivity index (χ1n) is 5.68. The summed E-state index contributed by atoms with van der Waals surface area (Å²) in [6.45, 7) is 2.47. The summed E-state index contributed by atoms with van der Waals surface area (Å²) in [7, 11) is 0. The van der Waals surface area contributed by atoms with Gasteiger partial charge < -0.3 is 21.5 Å². The molecule has 1 aromatic carbocycles. The number of nitrogens with one attached hydrogen (secondary N) is 1. The molecular weight excluding hydrogens is 218 g/mol. The summed E-state index contributed by atoms with van der Waals surface area (Å²) < 4.78 is 5.29. The molecule has 92 valence electrons. The molecule has 0 radical (unpaired) electrons. The zero-order valence-corrected chi connectivity index (χ0v) is 9.61. The Morgan fingerprint density at radius 2 is 2.35 bits per heavy atom. The highest BCUT2D eigenvalue weighted by atomic mass is 16.5. The largest absolute Gasteiger partial charge is 0.397 e. The van der Waals surface area contributed by atoms with Crippen LogP contribution in [0, 0.1) is 5.92 Å². The van der Waals surface area contributed by atoms with Crippen LogP contribution in [0.2, 0.25) is 0 Å². The number of hydrogen-bond donors (Lipinski definition) is 3. The Labute approximate surface area is 100 Å². The highest BCUT2D eigenvalue weighted by molar-refractivity contribution is 5.94. The van der Waals surface area contributed by atoms with Gasteiger partial charge in [-0.15, -0.1) is 0 Å². The van der Waals surface area contributed by atoms with Crippen molar-refractivity contribution in [1.29, 1.82) is 0 Å². The predicted molar refractivity (Wildman–Crippen MR) is 66.8 cm³/mol. The van der Waals surface area contributed by atoms with Crippen molar-refractivity contribution < 1.29 is 9.53 Å². The highest BCUT2D eigenvalue weighted by Crippen LogP contribution is 2.21. The Morgan fingerprint density at radius 1 is 1.53 bits per heavy atom. The number of nitrogens with two attached hydrogens (primary N) is 2. The Morgan fingerprint density at radius 3 is 2.94 bits per heavy atom. The maximum Gasteiger partial charge on any atom is 0.248 e. The van der Waals surface area contributed by atoms with E-state index in [2.05, 4.69) is 5.32 Å². The number of primary amides is 1. The first-order chi connectivity index (χ1) is 8.16. The van der Waals surface area contributed by atoms with Crippen LogP contribution < -0.4 is 16.8 Å². The third-order valence-electron chi connectivity index (χ3n) is 2.94. The number of carbonyl (C=O) groups is 1. The lowest BCUT2D eigenvalue weighted by Crippen LogP contribution is -2.16. The fourth-order valence-electron chi connectivity index (χ4n) is 1.88. The van der Waals surface area contributed by atoms with E-state index in [1.54, 1.807) is 18.2 Å². The molecule has 5 heteroatoms.